The zero-order valence-corrected chi connectivity index (χ0v) is 21.7. The largest absolute Gasteiger partial charge is 0.324 e. The Hall–Kier alpha value is -2.58. The maximum absolute atomic E-state index is 13.2. The summed E-state index contributed by atoms with van der Waals surface area (Å²) in [4.78, 5) is 22.7. The van der Waals surface area contributed by atoms with Crippen LogP contribution < -0.4 is 10.9 Å². The molecule has 2 aliphatic rings. The van der Waals surface area contributed by atoms with Gasteiger partial charge in [-0.05, 0) is 74.3 Å². The van der Waals surface area contributed by atoms with E-state index < -0.39 is 11.0 Å². The average Bonchev–Trinajstić information content (AvgIpc) is 3.39. The van der Waals surface area contributed by atoms with Gasteiger partial charge in [0.15, 0.2) is 0 Å². The minimum absolute atomic E-state index is 0.00510. The maximum atomic E-state index is 13.2. The number of rotatable bonds is 6. The molecule has 1 aromatic carbocycles. The third-order valence-corrected chi connectivity index (χ3v) is 9.17. The number of aryl methyl sites for hydroxylation is 1. The fourth-order valence-electron chi connectivity index (χ4n) is 5.48. The monoisotopic (exact) mass is 493 g/mol. The number of benzene rings is 1. The summed E-state index contributed by atoms with van der Waals surface area (Å²) >= 11 is 0. The highest BCUT2D eigenvalue weighted by atomic mass is 32.2. The summed E-state index contributed by atoms with van der Waals surface area (Å²) in [6.07, 6.45) is 8.30. The molecule has 1 aliphatic carbocycles. The second kappa shape index (κ2) is 10.2. The van der Waals surface area contributed by atoms with Crippen molar-refractivity contribution >= 4 is 33.7 Å². The van der Waals surface area contributed by atoms with Crippen LogP contribution in [0.4, 0.5) is 11.6 Å². The van der Waals surface area contributed by atoms with Crippen molar-refractivity contribution in [2.75, 3.05) is 18.4 Å². The molecule has 1 atom stereocenters. The van der Waals surface area contributed by atoms with E-state index in [4.69, 9.17) is 4.98 Å². The summed E-state index contributed by atoms with van der Waals surface area (Å²) in [5.41, 5.74) is 2.53. The van der Waals surface area contributed by atoms with Gasteiger partial charge in [-0.1, -0.05) is 26.7 Å². The zero-order chi connectivity index (χ0) is 24.5. The topological polar surface area (TPSA) is 80.1 Å². The highest BCUT2D eigenvalue weighted by Crippen LogP contribution is 2.31. The van der Waals surface area contributed by atoms with Crippen LogP contribution in [-0.4, -0.2) is 36.1 Å². The molecular formula is C27H35N5O2S. The van der Waals surface area contributed by atoms with Gasteiger partial charge in [0.05, 0.1) is 4.90 Å². The summed E-state index contributed by atoms with van der Waals surface area (Å²) in [6.45, 7) is 8.31. The Morgan fingerprint density at radius 1 is 1.06 bits per heavy atom. The van der Waals surface area contributed by atoms with Crippen molar-refractivity contribution in [1.82, 2.24) is 18.8 Å². The molecule has 1 aliphatic heterocycles. The predicted molar refractivity (Wildman–Crippen MR) is 141 cm³/mol. The standard InChI is InChI=1S/C27H35N5O2S/c1-18(2)20-12-14-31(15-13-20)35(34)23-9-10-24(19(3)16-23)29-27-28-17-21-8-11-25(33)32(26(21)30-27)22-6-4-5-7-22/h8-11,16-18,20,22H,4-7,12-15H2,1-3H3,(H,28,29,30). The fraction of sp³-hybridized carbons (Fsp3) is 0.519. The number of hydrogen-bond acceptors (Lipinski definition) is 5. The van der Waals surface area contributed by atoms with Crippen LogP contribution in [0.1, 0.15) is 64.0 Å². The highest BCUT2D eigenvalue weighted by molar-refractivity contribution is 7.82. The minimum atomic E-state index is -1.15. The number of nitrogens with zero attached hydrogens (tertiary/aromatic N) is 4. The molecule has 0 radical (unpaired) electrons. The molecule has 1 N–H and O–H groups in total. The highest BCUT2D eigenvalue weighted by Gasteiger charge is 2.26. The minimum Gasteiger partial charge on any atom is -0.324 e. The van der Waals surface area contributed by atoms with Gasteiger partial charge >= 0.3 is 0 Å². The number of pyridine rings is 1. The Balaban J connectivity index is 1.35. The number of piperidine rings is 1. The van der Waals surface area contributed by atoms with E-state index in [-0.39, 0.29) is 11.6 Å². The molecule has 2 fully saturated rings. The van der Waals surface area contributed by atoms with Crippen LogP contribution in [0.25, 0.3) is 11.0 Å². The van der Waals surface area contributed by atoms with Gasteiger partial charge in [-0.15, -0.1) is 0 Å². The maximum Gasteiger partial charge on any atom is 0.252 e. The lowest BCUT2D eigenvalue weighted by Crippen LogP contribution is -2.36. The number of aromatic nitrogens is 3. The fourth-order valence-corrected chi connectivity index (χ4v) is 6.78. The van der Waals surface area contributed by atoms with E-state index in [1.165, 1.54) is 0 Å². The zero-order valence-electron chi connectivity index (χ0n) is 20.9. The quantitative estimate of drug-likeness (QED) is 0.501. The van der Waals surface area contributed by atoms with Gasteiger partial charge in [-0.25, -0.2) is 13.5 Å². The summed E-state index contributed by atoms with van der Waals surface area (Å²) in [5.74, 6) is 1.87. The van der Waals surface area contributed by atoms with E-state index in [1.54, 1.807) is 18.3 Å². The molecule has 0 bridgehead atoms. The van der Waals surface area contributed by atoms with Crippen molar-refractivity contribution in [3.05, 3.63) is 52.4 Å². The van der Waals surface area contributed by atoms with Crippen LogP contribution in [0.2, 0.25) is 0 Å². The number of fused-ring (bicyclic) bond motifs is 1. The molecule has 35 heavy (non-hydrogen) atoms. The third kappa shape index (κ3) is 5.05. The molecule has 7 nitrogen and oxygen atoms in total. The Bertz CT molecular complexity index is 1290. The molecule has 2 aromatic heterocycles. The van der Waals surface area contributed by atoms with Crippen LogP contribution in [0.5, 0.6) is 0 Å². The summed E-state index contributed by atoms with van der Waals surface area (Å²) < 4.78 is 17.1. The lowest BCUT2D eigenvalue weighted by atomic mass is 9.87. The average molecular weight is 494 g/mol. The van der Waals surface area contributed by atoms with Crippen molar-refractivity contribution in [2.45, 2.75) is 70.2 Å². The summed E-state index contributed by atoms with van der Waals surface area (Å²) in [5, 5.41) is 4.18. The van der Waals surface area contributed by atoms with Gasteiger partial charge in [-0.2, -0.15) is 4.98 Å². The number of anilines is 2. The lowest BCUT2D eigenvalue weighted by Gasteiger charge is -2.32. The summed E-state index contributed by atoms with van der Waals surface area (Å²) in [6, 6.07) is 9.48. The SMILES string of the molecule is Cc1cc(S(=O)N2CCC(C(C)C)CC2)ccc1Nc1ncc2ccc(=O)n(C3CCCC3)c2n1. The van der Waals surface area contributed by atoms with Crippen molar-refractivity contribution in [3.8, 4) is 0 Å². The molecular weight excluding hydrogens is 458 g/mol. The molecule has 1 unspecified atom stereocenters. The van der Waals surface area contributed by atoms with Gasteiger partial charge in [0.25, 0.3) is 5.56 Å². The smallest absolute Gasteiger partial charge is 0.252 e. The van der Waals surface area contributed by atoms with Crippen LogP contribution in [0, 0.1) is 18.8 Å². The first-order valence-electron chi connectivity index (χ1n) is 12.8. The van der Waals surface area contributed by atoms with Gasteiger partial charge < -0.3 is 5.32 Å². The van der Waals surface area contributed by atoms with Crippen molar-refractivity contribution in [2.24, 2.45) is 11.8 Å². The van der Waals surface area contributed by atoms with Gasteiger partial charge in [0.1, 0.15) is 16.6 Å². The summed E-state index contributed by atoms with van der Waals surface area (Å²) in [7, 11) is -1.15. The van der Waals surface area contributed by atoms with Crippen LogP contribution in [0.15, 0.2) is 46.2 Å². The van der Waals surface area contributed by atoms with E-state index in [0.717, 1.165) is 79.1 Å². The van der Waals surface area contributed by atoms with Crippen LogP contribution in [-0.2, 0) is 11.0 Å². The molecule has 3 aromatic rings. The van der Waals surface area contributed by atoms with Crippen LogP contribution in [0.3, 0.4) is 0 Å². The molecule has 0 spiro atoms. The first-order valence-corrected chi connectivity index (χ1v) is 13.9. The molecule has 186 valence electrons. The van der Waals surface area contributed by atoms with Gasteiger partial charge in [0, 0.05) is 42.5 Å². The second-order valence-corrected chi connectivity index (χ2v) is 11.8. The van der Waals surface area contributed by atoms with E-state index in [0.29, 0.717) is 17.5 Å². The van der Waals surface area contributed by atoms with Crippen LogP contribution >= 0.6 is 0 Å². The van der Waals surface area contributed by atoms with E-state index >= 15 is 0 Å². The number of nitrogens with one attached hydrogen (secondary N) is 1. The molecule has 1 saturated heterocycles. The van der Waals surface area contributed by atoms with Crippen molar-refractivity contribution < 1.29 is 4.21 Å². The molecule has 3 heterocycles. The normalized spacial score (nSPS) is 19.0. The Morgan fingerprint density at radius 3 is 2.49 bits per heavy atom. The first kappa shape index (κ1) is 24.1. The third-order valence-electron chi connectivity index (χ3n) is 7.68. The molecule has 1 saturated carbocycles. The Labute approximate surface area is 209 Å². The lowest BCUT2D eigenvalue weighted by molar-refractivity contribution is 0.232. The van der Waals surface area contributed by atoms with Gasteiger partial charge in [0.2, 0.25) is 5.95 Å². The molecule has 0 amide bonds. The second-order valence-electron chi connectivity index (χ2n) is 10.3. The predicted octanol–water partition coefficient (Wildman–Crippen LogP) is 5.35. The Morgan fingerprint density at radius 2 is 1.80 bits per heavy atom. The van der Waals surface area contributed by atoms with Crippen molar-refractivity contribution in [1.29, 1.82) is 0 Å². The first-order chi connectivity index (χ1) is 16.9. The van der Waals surface area contributed by atoms with Crippen molar-refractivity contribution in [3.63, 3.8) is 0 Å². The molecule has 8 heteroatoms. The van der Waals surface area contributed by atoms with Gasteiger partial charge in [-0.3, -0.25) is 9.36 Å². The number of hydrogen-bond donors (Lipinski definition) is 1. The van der Waals surface area contributed by atoms with E-state index in [2.05, 4.69) is 28.5 Å². The Kier molecular flexibility index (Phi) is 7.02. The molecule has 5 rings (SSSR count). The van der Waals surface area contributed by atoms with E-state index in [9.17, 15) is 9.00 Å². The van der Waals surface area contributed by atoms with E-state index in [1.807, 2.05) is 29.7 Å².